The molecule has 0 atom stereocenters. The van der Waals surface area contributed by atoms with Crippen LogP contribution in [0.5, 0.6) is 0 Å². The predicted molar refractivity (Wildman–Crippen MR) is 153 cm³/mol. The zero-order valence-electron chi connectivity index (χ0n) is 24.4. The Morgan fingerprint density at radius 1 is 0.486 bits per heavy atom. The molecule has 0 saturated heterocycles. The maximum Gasteiger partial charge on any atom is 2.00 e. The van der Waals surface area contributed by atoms with E-state index in [9.17, 15) is 12.9 Å². The second kappa shape index (κ2) is 61.1. The number of benzene rings is 1. The fourth-order valence-corrected chi connectivity index (χ4v) is 3.46. The monoisotopic (exact) mass is 705 g/mol. The molecule has 3 aliphatic rings. The molecular weight excluding hydrogens is 644 g/mol. The Morgan fingerprint density at radius 2 is 0.622 bits per heavy atom. The van der Waals surface area contributed by atoms with Gasteiger partial charge in [0, 0.05) is 0 Å². The van der Waals surface area contributed by atoms with E-state index in [1.807, 2.05) is 36.4 Å². The quantitative estimate of drug-likeness (QED) is 0.178. The molecule has 0 aliphatic heterocycles. The molecule has 224 valence electrons. The minimum atomic E-state index is -3.67. The largest absolute Gasteiger partial charge is 2.00 e. The molecule has 0 nitrogen and oxygen atoms in total. The summed E-state index contributed by atoms with van der Waals surface area (Å²) in [6, 6.07) is 12.0. The average Bonchev–Trinajstić information content (AvgIpc) is 3.43. The maximum atomic E-state index is 9.67. The third-order valence-electron chi connectivity index (χ3n) is 5.06. The van der Waals surface area contributed by atoms with Gasteiger partial charge in [-0.05, 0) is 5.92 Å². The molecule has 3 aliphatic carbocycles. The Bertz CT molecular complexity index is 327. The molecule has 8 heteroatoms. The Hall–Kier alpha value is 0.849. The van der Waals surface area contributed by atoms with Crippen molar-refractivity contribution in [2.24, 2.45) is 5.92 Å². The van der Waals surface area contributed by atoms with Crippen molar-refractivity contribution in [1.82, 2.24) is 0 Å². The maximum absolute atomic E-state index is 9.67. The molecule has 3 fully saturated rings. The van der Waals surface area contributed by atoms with Gasteiger partial charge in [-0.15, -0.1) is 0 Å². The second-order valence-electron chi connectivity index (χ2n) is 7.68. The standard InChI is InChI=1S/C7H14.C6H6.2C5H10.CH4.5CH3.BF3.FH.Li.2Ru/c1-7-5-3-2-4-6-7;1-2-4-6-5-3-1;2*1-2-4-5-3-1;;;;;;;2-1(3)4;;;;/h7H,2-6H2,1H3;1-6H;2*1-5H2;1H4;5*1H3;;1H;;;/q;;;;;5*-1;;;+1;2*+2/p-1. The van der Waals surface area contributed by atoms with Gasteiger partial charge in [0.05, 0.1) is 0 Å². The molecule has 0 bridgehead atoms. The van der Waals surface area contributed by atoms with Gasteiger partial charge in [-0.25, -0.2) is 0 Å². The van der Waals surface area contributed by atoms with Crippen LogP contribution in [0.3, 0.4) is 0 Å². The molecule has 0 heterocycles. The summed E-state index contributed by atoms with van der Waals surface area (Å²) in [4.78, 5) is 0. The van der Waals surface area contributed by atoms with Gasteiger partial charge in [-0.3, -0.25) is 12.9 Å². The summed E-state index contributed by atoms with van der Waals surface area (Å²) < 4.78 is 29.0. The molecule has 3 saturated carbocycles. The Morgan fingerprint density at radius 3 is 0.730 bits per heavy atom. The number of hydrogen-bond acceptors (Lipinski definition) is 0. The summed E-state index contributed by atoms with van der Waals surface area (Å²) >= 11 is 0. The zero-order chi connectivity index (χ0) is 20.0. The van der Waals surface area contributed by atoms with Crippen molar-refractivity contribution in [1.29, 1.82) is 0 Å². The topological polar surface area (TPSA) is 0 Å². The number of rotatable bonds is 0. The van der Waals surface area contributed by atoms with Crippen molar-refractivity contribution in [2.45, 2.75) is 111 Å². The smallest absolute Gasteiger partial charge is 1.00 e. The van der Waals surface area contributed by atoms with Crippen molar-refractivity contribution in [3.05, 3.63) is 73.5 Å². The van der Waals surface area contributed by atoms with E-state index in [1.165, 1.54) is 96.3 Å². The average molecular weight is 704 g/mol. The van der Waals surface area contributed by atoms with Crippen LogP contribution in [0.25, 0.3) is 0 Å². The third-order valence-corrected chi connectivity index (χ3v) is 5.06. The third kappa shape index (κ3) is 72.5. The van der Waals surface area contributed by atoms with Crippen molar-refractivity contribution in [2.75, 3.05) is 0 Å². The summed E-state index contributed by atoms with van der Waals surface area (Å²) in [6.07, 6.45) is 22.4. The van der Waals surface area contributed by atoms with Crippen LogP contribution in [-0.4, -0.2) is 7.54 Å². The van der Waals surface area contributed by atoms with E-state index in [1.54, 1.807) is 0 Å². The first-order valence-electron chi connectivity index (χ1n) is 11.0. The van der Waals surface area contributed by atoms with Gasteiger partial charge >= 0.3 is 65.4 Å². The molecule has 0 amide bonds. The van der Waals surface area contributed by atoms with E-state index < -0.39 is 7.54 Å². The van der Waals surface area contributed by atoms with Gasteiger partial charge in [-0.1, -0.05) is 147 Å². The van der Waals surface area contributed by atoms with Crippen LogP contribution in [-0.2, 0) is 39.0 Å². The van der Waals surface area contributed by atoms with Crippen molar-refractivity contribution < 1.29 is 75.5 Å². The van der Waals surface area contributed by atoms with Crippen molar-refractivity contribution in [3.8, 4) is 0 Å². The van der Waals surface area contributed by atoms with Gasteiger partial charge in [0.25, 0.3) is 0 Å². The number of hydrogen-bond donors (Lipinski definition) is 0. The fourth-order valence-electron chi connectivity index (χ4n) is 3.46. The van der Waals surface area contributed by atoms with Gasteiger partial charge in [0.1, 0.15) is 0 Å². The molecule has 0 N–H and O–H groups in total. The van der Waals surface area contributed by atoms with Gasteiger partial charge in [0.2, 0.25) is 0 Å². The van der Waals surface area contributed by atoms with Crippen molar-refractivity contribution >= 4 is 7.54 Å². The first kappa shape index (κ1) is 71.3. The molecule has 0 aromatic heterocycles. The summed E-state index contributed by atoms with van der Waals surface area (Å²) in [5, 5.41) is 0. The van der Waals surface area contributed by atoms with E-state index >= 15 is 0 Å². The zero-order valence-corrected chi connectivity index (χ0v) is 27.9. The van der Waals surface area contributed by atoms with Gasteiger partial charge in [-0.2, -0.15) is 0 Å². The first-order chi connectivity index (χ1) is 13.1. The fraction of sp³-hybridized carbons (Fsp3) is 0.621. The summed E-state index contributed by atoms with van der Waals surface area (Å²) in [5.74, 6) is 1.04. The van der Waals surface area contributed by atoms with Crippen LogP contribution >= 0.6 is 0 Å². The Kier molecular flexibility index (Phi) is 118. The molecule has 0 unspecified atom stereocenters. The summed E-state index contributed by atoms with van der Waals surface area (Å²) in [6.45, 7) is 2.36. The van der Waals surface area contributed by atoms with E-state index in [0.717, 1.165) is 5.92 Å². The molecule has 1 aromatic rings. The summed E-state index contributed by atoms with van der Waals surface area (Å²) in [7, 11) is -3.67. The van der Waals surface area contributed by atoms with Crippen LogP contribution in [0.15, 0.2) is 36.4 Å². The van der Waals surface area contributed by atoms with E-state index in [2.05, 4.69) is 6.92 Å². The van der Waals surface area contributed by atoms with Crippen LogP contribution in [0, 0.1) is 43.1 Å². The molecule has 4 rings (SSSR count). The van der Waals surface area contributed by atoms with E-state index in [-0.39, 0.29) is 107 Å². The van der Waals surface area contributed by atoms with Crippen LogP contribution in [0.1, 0.15) is 111 Å². The second-order valence-corrected chi connectivity index (χ2v) is 7.68. The van der Waals surface area contributed by atoms with Gasteiger partial charge < -0.3 is 41.8 Å². The number of halogens is 4. The molecule has 0 radical (unpaired) electrons. The Labute approximate surface area is 271 Å². The predicted octanol–water partition coefficient (Wildman–Crippen LogP) is 5.94. The molecule has 1 aromatic carbocycles. The molecule has 37 heavy (non-hydrogen) atoms. The Balaban J connectivity index is -0.0000000240. The summed E-state index contributed by atoms with van der Waals surface area (Å²) in [5.41, 5.74) is 0. The van der Waals surface area contributed by atoms with Crippen LogP contribution in [0.2, 0.25) is 0 Å². The molecule has 0 spiro atoms. The van der Waals surface area contributed by atoms with Crippen LogP contribution in [0.4, 0.5) is 12.9 Å². The van der Waals surface area contributed by atoms with Crippen LogP contribution < -0.4 is 23.6 Å². The minimum absolute atomic E-state index is 0. The van der Waals surface area contributed by atoms with E-state index in [4.69, 9.17) is 0 Å². The van der Waals surface area contributed by atoms with Gasteiger partial charge in [0.15, 0.2) is 0 Å². The SMILES string of the molecule is C.C1CCCC1.C1CCCC1.CC1CCCCC1.FB(F)F.[CH3-].[CH3-].[CH3-].[CH3-].[CH3-].[F-].[Li+].[Ru+2].[Ru+2].c1ccccc1. The molecular formula is C29H59BF4LiRu2-. The van der Waals surface area contributed by atoms with Crippen molar-refractivity contribution in [3.63, 3.8) is 0 Å². The normalized spacial score (nSPS) is 13.3. The minimum Gasteiger partial charge on any atom is -1.00 e. The van der Waals surface area contributed by atoms with E-state index in [0.29, 0.717) is 0 Å². The first-order valence-corrected chi connectivity index (χ1v) is 11.0.